The van der Waals surface area contributed by atoms with Gasteiger partial charge in [0.05, 0.1) is 26.5 Å². The third kappa shape index (κ3) is 4.16. The largest absolute Gasteiger partial charge is 0.497 e. The number of rotatable bonds is 7. The Morgan fingerprint density at radius 3 is 2.37 bits per heavy atom. The second-order valence-electron chi connectivity index (χ2n) is 6.14. The van der Waals surface area contributed by atoms with Gasteiger partial charge in [-0.15, -0.1) is 17.8 Å². The molecule has 0 saturated heterocycles. The molecule has 0 aliphatic carbocycles. The van der Waals surface area contributed by atoms with Crippen molar-refractivity contribution >= 4 is 43.1 Å². The van der Waals surface area contributed by atoms with Crippen LogP contribution in [-0.2, 0) is 20.0 Å². The number of nitrogens with one attached hydrogen (secondary N) is 1. The molecule has 2 aromatic rings. The van der Waals surface area contributed by atoms with Crippen LogP contribution in [0.5, 0.6) is 11.5 Å². The topological polar surface area (TPSA) is 128 Å². The maximum Gasteiger partial charge on any atom is 0.278 e. The molecule has 3 N–H and O–H groups in total. The lowest BCUT2D eigenvalue weighted by Gasteiger charge is -2.30. The van der Waals surface area contributed by atoms with Crippen molar-refractivity contribution in [2.24, 2.45) is 5.14 Å². The molecule has 3 rings (SSSR count). The van der Waals surface area contributed by atoms with Crippen LogP contribution in [-0.4, -0.2) is 44.1 Å². The molecule has 0 amide bonds. The number of methoxy groups -OCH3 is 2. The highest BCUT2D eigenvalue weighted by Crippen LogP contribution is 2.42. The summed E-state index contributed by atoms with van der Waals surface area (Å²) in [7, 11) is -5.32. The minimum Gasteiger partial charge on any atom is -0.497 e. The highest BCUT2D eigenvalue weighted by atomic mass is 32.3. The third-order valence-electron chi connectivity index (χ3n) is 4.14. The zero-order valence-corrected chi connectivity index (χ0v) is 18.5. The van der Waals surface area contributed by atoms with E-state index in [1.165, 1.54) is 32.4 Å². The fourth-order valence-electron chi connectivity index (χ4n) is 2.88. The van der Waals surface area contributed by atoms with Crippen molar-refractivity contribution in [1.29, 1.82) is 0 Å². The fourth-order valence-corrected chi connectivity index (χ4v) is 6.96. The predicted octanol–water partition coefficient (Wildman–Crippen LogP) is 1.19. The van der Waals surface area contributed by atoms with E-state index in [-0.39, 0.29) is 32.8 Å². The molecule has 1 aromatic heterocycles. The Balaban J connectivity index is 2.22. The first kappa shape index (κ1) is 22.1. The number of primary sulfonamides is 1. The van der Waals surface area contributed by atoms with E-state index in [4.69, 9.17) is 21.0 Å². The Morgan fingerprint density at radius 1 is 1.20 bits per heavy atom. The molecule has 12 heteroatoms. The first-order valence-electron chi connectivity index (χ1n) is 8.41. The Bertz CT molecular complexity index is 1230. The van der Waals surface area contributed by atoms with Crippen molar-refractivity contribution in [3.8, 4) is 23.8 Å². The van der Waals surface area contributed by atoms with Crippen molar-refractivity contribution in [2.45, 2.75) is 8.42 Å². The van der Waals surface area contributed by atoms with Gasteiger partial charge in [0.15, 0.2) is 0 Å². The normalized spacial score (nSPS) is 15.1. The molecule has 0 saturated carbocycles. The van der Waals surface area contributed by atoms with Gasteiger partial charge in [0, 0.05) is 36.0 Å². The standard InChI is InChI=1S/C18H19N3O6S3/c1-4-5-20-11-14-6-12-7-17(29(19,22)23)28-18(12)30(24,25)21(14)13-8-15(26-2)10-16(9-13)27-3/h1,6-10,20H,5,11H2,2-3H3,(H2,19,22,23). The van der Waals surface area contributed by atoms with Gasteiger partial charge in [0.2, 0.25) is 10.0 Å². The molecule has 0 spiro atoms. The lowest BCUT2D eigenvalue weighted by Crippen LogP contribution is -2.37. The van der Waals surface area contributed by atoms with Crippen molar-refractivity contribution < 1.29 is 26.3 Å². The SMILES string of the molecule is C#CCNCC1=Cc2cc(S(N)(=O)=O)sc2S(=O)(=O)N1c1cc(OC)cc(OC)c1. The van der Waals surface area contributed by atoms with E-state index in [1.807, 2.05) is 0 Å². The summed E-state index contributed by atoms with van der Waals surface area (Å²) < 4.78 is 61.8. The molecule has 1 aliphatic heterocycles. The summed E-state index contributed by atoms with van der Waals surface area (Å²) in [6.07, 6.45) is 6.85. The summed E-state index contributed by atoms with van der Waals surface area (Å²) in [5.41, 5.74) is 0.843. The number of ether oxygens (including phenoxy) is 2. The second kappa shape index (κ2) is 8.29. The van der Waals surface area contributed by atoms with Crippen molar-refractivity contribution in [3.05, 3.63) is 35.5 Å². The number of anilines is 1. The van der Waals surface area contributed by atoms with Crippen molar-refractivity contribution in [1.82, 2.24) is 5.32 Å². The van der Waals surface area contributed by atoms with Crippen LogP contribution < -0.4 is 24.2 Å². The summed E-state index contributed by atoms with van der Waals surface area (Å²) in [6, 6.07) is 5.93. The van der Waals surface area contributed by atoms with Crippen LogP contribution in [0.15, 0.2) is 38.4 Å². The molecule has 160 valence electrons. The second-order valence-corrected chi connectivity index (χ2v) is 11.0. The average Bonchev–Trinajstić information content (AvgIpc) is 3.13. The van der Waals surface area contributed by atoms with Gasteiger partial charge in [-0.25, -0.2) is 17.9 Å². The third-order valence-corrected chi connectivity index (χ3v) is 9.02. The van der Waals surface area contributed by atoms with Crippen LogP contribution in [0.1, 0.15) is 5.56 Å². The van der Waals surface area contributed by atoms with Gasteiger partial charge in [-0.05, 0) is 12.1 Å². The van der Waals surface area contributed by atoms with Crippen LogP contribution in [0.3, 0.4) is 0 Å². The van der Waals surface area contributed by atoms with Gasteiger partial charge in [-0.2, -0.15) is 8.42 Å². The van der Waals surface area contributed by atoms with E-state index in [0.717, 1.165) is 4.31 Å². The maximum atomic E-state index is 13.5. The van der Waals surface area contributed by atoms with Crippen molar-refractivity contribution in [2.75, 3.05) is 31.6 Å². The van der Waals surface area contributed by atoms with E-state index in [0.29, 0.717) is 28.5 Å². The molecule has 1 aromatic carbocycles. The summed E-state index contributed by atoms with van der Waals surface area (Å²) in [4.78, 5) is 0. The van der Waals surface area contributed by atoms with Crippen LogP contribution in [0.4, 0.5) is 5.69 Å². The van der Waals surface area contributed by atoms with E-state index < -0.39 is 20.0 Å². The lowest BCUT2D eigenvalue weighted by atomic mass is 10.2. The summed E-state index contributed by atoms with van der Waals surface area (Å²) >= 11 is 0.595. The summed E-state index contributed by atoms with van der Waals surface area (Å²) in [6.45, 7) is 0.328. The zero-order chi connectivity index (χ0) is 22.1. The first-order chi connectivity index (χ1) is 14.1. The first-order valence-corrected chi connectivity index (χ1v) is 12.2. The molecule has 1 aliphatic rings. The van der Waals surface area contributed by atoms with Crippen LogP contribution in [0, 0.1) is 12.3 Å². The van der Waals surface area contributed by atoms with E-state index >= 15 is 0 Å². The van der Waals surface area contributed by atoms with E-state index in [1.54, 1.807) is 12.1 Å². The average molecular weight is 470 g/mol. The number of benzene rings is 1. The van der Waals surface area contributed by atoms with Gasteiger partial charge >= 0.3 is 0 Å². The molecule has 0 atom stereocenters. The molecule has 0 fully saturated rings. The number of sulfonamides is 2. The van der Waals surface area contributed by atoms with E-state index in [2.05, 4.69) is 11.2 Å². The number of hydrogen-bond donors (Lipinski definition) is 2. The molecule has 30 heavy (non-hydrogen) atoms. The minimum atomic E-state index is -4.15. The summed E-state index contributed by atoms with van der Waals surface area (Å²) in [5, 5.41) is 8.15. The number of fused-ring (bicyclic) bond motifs is 1. The highest BCUT2D eigenvalue weighted by molar-refractivity contribution is 7.96. The number of nitrogens with two attached hydrogens (primary N) is 1. The molecule has 0 bridgehead atoms. The smallest absolute Gasteiger partial charge is 0.278 e. The number of nitrogens with zero attached hydrogens (tertiary/aromatic N) is 1. The van der Waals surface area contributed by atoms with Gasteiger partial charge in [0.1, 0.15) is 19.9 Å². The molecule has 2 heterocycles. The monoisotopic (exact) mass is 469 g/mol. The number of hydrogen-bond acceptors (Lipinski definition) is 8. The van der Waals surface area contributed by atoms with Gasteiger partial charge in [-0.1, -0.05) is 5.92 Å². The molecule has 0 unspecified atom stereocenters. The molecular formula is C18H19N3O6S3. The maximum absolute atomic E-state index is 13.5. The zero-order valence-electron chi connectivity index (χ0n) is 16.1. The van der Waals surface area contributed by atoms with Gasteiger partial charge in [0.25, 0.3) is 10.0 Å². The minimum absolute atomic E-state index is 0.114. The lowest BCUT2D eigenvalue weighted by molar-refractivity contribution is 0.394. The Labute approximate surface area is 179 Å². The van der Waals surface area contributed by atoms with Crippen LogP contribution in [0.25, 0.3) is 6.08 Å². The highest BCUT2D eigenvalue weighted by Gasteiger charge is 2.37. The van der Waals surface area contributed by atoms with Gasteiger partial charge < -0.3 is 14.8 Å². The van der Waals surface area contributed by atoms with Crippen molar-refractivity contribution in [3.63, 3.8) is 0 Å². The predicted molar refractivity (Wildman–Crippen MR) is 115 cm³/mol. The Kier molecular flexibility index (Phi) is 6.11. The molecule has 0 radical (unpaired) electrons. The molecule has 9 nitrogen and oxygen atoms in total. The van der Waals surface area contributed by atoms with Crippen LogP contribution in [0.2, 0.25) is 0 Å². The number of terminal acetylenes is 1. The van der Waals surface area contributed by atoms with Gasteiger partial charge in [-0.3, -0.25) is 0 Å². The quantitative estimate of drug-likeness (QED) is 0.460. The van der Waals surface area contributed by atoms with E-state index in [9.17, 15) is 16.8 Å². The fraction of sp³-hybridized carbons (Fsp3) is 0.222. The number of thiophene rings is 1. The Morgan fingerprint density at radius 2 is 1.83 bits per heavy atom. The van der Waals surface area contributed by atoms with Crippen LogP contribution >= 0.6 is 11.3 Å². The summed E-state index contributed by atoms with van der Waals surface area (Å²) in [5.74, 6) is 3.20. The molecular weight excluding hydrogens is 450 g/mol. The Hall–Kier alpha value is -2.56.